The highest BCUT2D eigenvalue weighted by atomic mass is 16.2. The molecule has 0 aromatic carbocycles. The maximum Gasteiger partial charge on any atom is 0.223 e. The van der Waals surface area contributed by atoms with Crippen LogP contribution in [-0.4, -0.2) is 12.5 Å². The van der Waals surface area contributed by atoms with Crippen molar-refractivity contribution in [3.63, 3.8) is 0 Å². The normalized spacial score (nSPS) is 23.2. The first-order valence-electron chi connectivity index (χ1n) is 4.27. The van der Waals surface area contributed by atoms with E-state index < -0.39 is 0 Å². The lowest BCUT2D eigenvalue weighted by Crippen LogP contribution is -2.22. The maximum absolute atomic E-state index is 11.1. The molecule has 0 radical (unpaired) electrons. The lowest BCUT2D eigenvalue weighted by Gasteiger charge is -2.20. The molecule has 1 rings (SSSR count). The maximum atomic E-state index is 11.1. The van der Waals surface area contributed by atoms with Crippen LogP contribution in [0.15, 0.2) is 0 Å². The van der Waals surface area contributed by atoms with E-state index in [4.69, 9.17) is 0 Å². The van der Waals surface area contributed by atoms with Gasteiger partial charge in [-0.3, -0.25) is 4.79 Å². The third kappa shape index (κ3) is 3.24. The first-order valence-corrected chi connectivity index (χ1v) is 4.27. The van der Waals surface area contributed by atoms with Gasteiger partial charge in [-0.05, 0) is 18.3 Å². The van der Waals surface area contributed by atoms with Crippen LogP contribution in [0, 0.1) is 11.3 Å². The van der Waals surface area contributed by atoms with Crippen molar-refractivity contribution in [2.75, 3.05) is 6.54 Å². The van der Waals surface area contributed by atoms with Gasteiger partial charge in [-0.15, -0.1) is 0 Å². The highest BCUT2D eigenvalue weighted by molar-refractivity contribution is 5.80. The molecule has 1 N–H and O–H groups in total. The molecule has 0 aliphatic carbocycles. The zero-order chi connectivity index (χ0) is 8.48. The predicted octanol–water partition coefficient (Wildman–Crippen LogP) is 2.19. The molecule has 2 nitrogen and oxygen atoms in total. The second kappa shape index (κ2) is 3.92. The second-order valence-electron chi connectivity index (χ2n) is 4.54. The average molecular weight is 171 g/mol. The number of hydrogen-bond acceptors (Lipinski definition) is 1. The van der Waals surface area contributed by atoms with Gasteiger partial charge in [0.2, 0.25) is 5.91 Å². The van der Waals surface area contributed by atoms with E-state index >= 15 is 0 Å². The molecule has 1 fully saturated rings. The zero-order valence-electron chi connectivity index (χ0n) is 7.61. The summed E-state index contributed by atoms with van der Waals surface area (Å²) in [6.07, 6.45) is 2.04. The van der Waals surface area contributed by atoms with Crippen molar-refractivity contribution in [3.05, 3.63) is 0 Å². The summed E-state index contributed by atoms with van der Waals surface area (Å²) in [4.78, 5) is 11.1. The van der Waals surface area contributed by atoms with Gasteiger partial charge in [0.05, 0.1) is 0 Å². The van der Waals surface area contributed by atoms with Crippen molar-refractivity contribution < 1.29 is 4.79 Å². The minimum atomic E-state index is 0. The number of amides is 1. The van der Waals surface area contributed by atoms with Crippen LogP contribution in [-0.2, 0) is 4.79 Å². The number of rotatable bonds is 1. The topological polar surface area (TPSA) is 29.1 Å². The van der Waals surface area contributed by atoms with Gasteiger partial charge in [0, 0.05) is 12.5 Å². The summed E-state index contributed by atoms with van der Waals surface area (Å²) in [6, 6.07) is 0. The van der Waals surface area contributed by atoms with Gasteiger partial charge in [0.1, 0.15) is 0 Å². The van der Waals surface area contributed by atoms with Crippen LogP contribution in [0.5, 0.6) is 0 Å². The highest BCUT2D eigenvalue weighted by Gasteiger charge is 2.28. The molecule has 0 saturated carbocycles. The Morgan fingerprint density at radius 1 is 1.50 bits per heavy atom. The third-order valence-corrected chi connectivity index (χ3v) is 2.02. The molecule has 2 heteroatoms. The Kier molecular flexibility index (Phi) is 3.75. The number of carbonyl (C=O) groups excluding carboxylic acids is 1. The van der Waals surface area contributed by atoms with Crippen molar-refractivity contribution in [1.29, 1.82) is 0 Å². The molecule has 0 bridgehead atoms. The minimum absolute atomic E-state index is 0. The van der Waals surface area contributed by atoms with Crippen LogP contribution in [0.4, 0.5) is 0 Å². The largest absolute Gasteiger partial charge is 0.356 e. The van der Waals surface area contributed by atoms with Crippen LogP contribution in [0.2, 0.25) is 0 Å². The van der Waals surface area contributed by atoms with Gasteiger partial charge in [-0.25, -0.2) is 0 Å². The first-order chi connectivity index (χ1) is 4.99. The van der Waals surface area contributed by atoms with E-state index in [0.29, 0.717) is 0 Å². The Balaban J connectivity index is 0.00000121. The summed E-state index contributed by atoms with van der Waals surface area (Å²) in [6.45, 7) is 7.41. The molecule has 0 aromatic heterocycles. The molecular formula is C10H21NO. The standard InChI is InChI=1S/C9H17NO.CH4/c1-9(2,3)6-7-4-5-10-8(7)11;/h7H,4-6H2,1-3H3,(H,10,11);1H4/t7-;/m0./s1. The summed E-state index contributed by atoms with van der Waals surface area (Å²) in [5, 5.41) is 2.85. The molecule has 12 heavy (non-hydrogen) atoms. The summed E-state index contributed by atoms with van der Waals surface area (Å²) in [7, 11) is 0. The monoisotopic (exact) mass is 171 g/mol. The van der Waals surface area contributed by atoms with Crippen LogP contribution >= 0.6 is 0 Å². The van der Waals surface area contributed by atoms with Gasteiger partial charge in [-0.1, -0.05) is 28.2 Å². The summed E-state index contributed by atoms with van der Waals surface area (Å²) in [5.74, 6) is 0.523. The molecule has 1 atom stereocenters. The van der Waals surface area contributed by atoms with Gasteiger partial charge in [0.25, 0.3) is 0 Å². The van der Waals surface area contributed by atoms with E-state index in [1.807, 2.05) is 0 Å². The molecule has 1 aliphatic rings. The SMILES string of the molecule is C.CC(C)(C)C[C@@H]1CCNC1=O. The quantitative estimate of drug-likeness (QED) is 0.644. The lowest BCUT2D eigenvalue weighted by atomic mass is 9.84. The molecule has 0 spiro atoms. The van der Waals surface area contributed by atoms with Gasteiger partial charge in [0.15, 0.2) is 0 Å². The summed E-state index contributed by atoms with van der Waals surface area (Å²) >= 11 is 0. The van der Waals surface area contributed by atoms with Gasteiger partial charge >= 0.3 is 0 Å². The minimum Gasteiger partial charge on any atom is -0.356 e. The molecule has 1 aliphatic heterocycles. The fraction of sp³-hybridized carbons (Fsp3) is 0.900. The molecule has 1 saturated heterocycles. The van der Waals surface area contributed by atoms with Crippen molar-refractivity contribution in [2.24, 2.45) is 11.3 Å². The van der Waals surface area contributed by atoms with Gasteiger partial charge < -0.3 is 5.32 Å². The summed E-state index contributed by atoms with van der Waals surface area (Å²) < 4.78 is 0. The smallest absolute Gasteiger partial charge is 0.223 e. The van der Waals surface area contributed by atoms with Crippen LogP contribution in [0.3, 0.4) is 0 Å². The fourth-order valence-electron chi connectivity index (χ4n) is 1.58. The molecular weight excluding hydrogens is 150 g/mol. The lowest BCUT2D eigenvalue weighted by molar-refractivity contribution is -0.123. The Morgan fingerprint density at radius 2 is 2.08 bits per heavy atom. The highest BCUT2D eigenvalue weighted by Crippen LogP contribution is 2.27. The van der Waals surface area contributed by atoms with E-state index in [0.717, 1.165) is 19.4 Å². The Hall–Kier alpha value is -0.530. The first kappa shape index (κ1) is 11.5. The van der Waals surface area contributed by atoms with Crippen molar-refractivity contribution in [1.82, 2.24) is 5.32 Å². The predicted molar refractivity (Wildman–Crippen MR) is 51.9 cm³/mol. The van der Waals surface area contributed by atoms with E-state index in [9.17, 15) is 4.79 Å². The second-order valence-corrected chi connectivity index (χ2v) is 4.54. The van der Waals surface area contributed by atoms with Crippen molar-refractivity contribution in [3.8, 4) is 0 Å². The van der Waals surface area contributed by atoms with Crippen LogP contribution in [0.1, 0.15) is 41.0 Å². The Bertz CT molecular complexity index is 158. The van der Waals surface area contributed by atoms with Crippen molar-refractivity contribution in [2.45, 2.75) is 41.0 Å². The van der Waals surface area contributed by atoms with E-state index in [2.05, 4.69) is 26.1 Å². The molecule has 0 aromatic rings. The van der Waals surface area contributed by atoms with E-state index in [1.54, 1.807) is 0 Å². The van der Waals surface area contributed by atoms with Crippen LogP contribution in [0.25, 0.3) is 0 Å². The molecule has 1 heterocycles. The molecule has 72 valence electrons. The van der Waals surface area contributed by atoms with Gasteiger partial charge in [-0.2, -0.15) is 0 Å². The Morgan fingerprint density at radius 3 is 2.42 bits per heavy atom. The summed E-state index contributed by atoms with van der Waals surface area (Å²) in [5.41, 5.74) is 0.284. The number of hydrogen-bond donors (Lipinski definition) is 1. The van der Waals surface area contributed by atoms with Crippen LogP contribution < -0.4 is 5.32 Å². The molecule has 0 unspecified atom stereocenters. The fourth-order valence-corrected chi connectivity index (χ4v) is 1.58. The number of carbonyl (C=O) groups is 1. The van der Waals surface area contributed by atoms with E-state index in [-0.39, 0.29) is 24.7 Å². The Labute approximate surface area is 75.7 Å². The van der Waals surface area contributed by atoms with Crippen molar-refractivity contribution >= 4 is 5.91 Å². The third-order valence-electron chi connectivity index (χ3n) is 2.02. The van der Waals surface area contributed by atoms with E-state index in [1.165, 1.54) is 0 Å². The average Bonchev–Trinajstić information content (AvgIpc) is 2.12. The zero-order valence-corrected chi connectivity index (χ0v) is 7.61. The number of nitrogens with one attached hydrogen (secondary N) is 1. The molecule has 1 amide bonds.